The van der Waals surface area contributed by atoms with Crippen LogP contribution in [0.5, 0.6) is 0 Å². The molecular weight excluding hydrogens is 302 g/mol. The zero-order valence-corrected chi connectivity index (χ0v) is 13.0. The fourth-order valence-electron chi connectivity index (χ4n) is 2.65. The number of amides is 1. The van der Waals surface area contributed by atoms with E-state index in [0.29, 0.717) is 23.7 Å². The van der Waals surface area contributed by atoms with Crippen molar-refractivity contribution in [3.63, 3.8) is 0 Å². The van der Waals surface area contributed by atoms with E-state index in [1.807, 2.05) is 12.1 Å². The number of hydrogen-bond acceptors (Lipinski definition) is 3. The quantitative estimate of drug-likeness (QED) is 0.843. The van der Waals surface area contributed by atoms with Gasteiger partial charge in [0.1, 0.15) is 5.76 Å². The molecule has 0 aliphatic carbocycles. The van der Waals surface area contributed by atoms with Crippen molar-refractivity contribution < 1.29 is 13.9 Å². The highest BCUT2D eigenvalue weighted by molar-refractivity contribution is 6.30. The maximum atomic E-state index is 12.8. The van der Waals surface area contributed by atoms with Crippen molar-refractivity contribution >= 4 is 17.5 Å². The van der Waals surface area contributed by atoms with Gasteiger partial charge in [-0.05, 0) is 43.2 Å². The lowest BCUT2D eigenvalue weighted by atomic mass is 10.1. The predicted octanol–water partition coefficient (Wildman–Crippen LogP) is 3.75. The molecule has 3 rings (SSSR count). The predicted molar refractivity (Wildman–Crippen MR) is 83.9 cm³/mol. The monoisotopic (exact) mass is 319 g/mol. The summed E-state index contributed by atoms with van der Waals surface area (Å²) < 4.78 is 11.0. The van der Waals surface area contributed by atoms with Crippen LogP contribution in [0.4, 0.5) is 0 Å². The lowest BCUT2D eigenvalue weighted by molar-refractivity contribution is 0.0491. The molecule has 1 unspecified atom stereocenters. The summed E-state index contributed by atoms with van der Waals surface area (Å²) in [5.41, 5.74) is 0.581. The third-order valence-electron chi connectivity index (χ3n) is 3.73. The van der Waals surface area contributed by atoms with Crippen LogP contribution in [0.15, 0.2) is 47.1 Å². The Morgan fingerprint density at radius 2 is 2.23 bits per heavy atom. The number of carbonyl (C=O) groups is 1. The Labute approximate surface area is 134 Å². The molecule has 1 aromatic heterocycles. The topological polar surface area (TPSA) is 42.7 Å². The molecule has 1 amide bonds. The molecule has 2 aromatic rings. The largest absolute Gasteiger partial charge is 0.467 e. The summed E-state index contributed by atoms with van der Waals surface area (Å²) >= 11 is 5.99. The maximum absolute atomic E-state index is 12.8. The van der Waals surface area contributed by atoms with Gasteiger partial charge in [0.25, 0.3) is 5.91 Å². The number of nitrogens with zero attached hydrogens (tertiary/aromatic N) is 1. The summed E-state index contributed by atoms with van der Waals surface area (Å²) in [6.45, 7) is 1.76. The number of carbonyl (C=O) groups excluding carboxylic acids is 1. The first-order chi connectivity index (χ1) is 10.7. The van der Waals surface area contributed by atoms with Gasteiger partial charge in [0.05, 0.1) is 18.9 Å². The summed E-state index contributed by atoms with van der Waals surface area (Å²) in [6.07, 6.45) is 3.74. The highest BCUT2D eigenvalue weighted by atomic mass is 35.5. The molecule has 4 nitrogen and oxygen atoms in total. The molecule has 0 N–H and O–H groups in total. The zero-order chi connectivity index (χ0) is 15.4. The van der Waals surface area contributed by atoms with E-state index >= 15 is 0 Å². The van der Waals surface area contributed by atoms with Crippen LogP contribution < -0.4 is 0 Å². The van der Waals surface area contributed by atoms with Gasteiger partial charge in [-0.1, -0.05) is 17.7 Å². The summed E-state index contributed by atoms with van der Waals surface area (Å²) in [6, 6.07) is 10.7. The fourth-order valence-corrected chi connectivity index (χ4v) is 2.84. The minimum Gasteiger partial charge on any atom is -0.467 e. The first-order valence-corrected chi connectivity index (χ1v) is 7.79. The molecule has 22 heavy (non-hydrogen) atoms. The lowest BCUT2D eigenvalue weighted by Crippen LogP contribution is -2.36. The van der Waals surface area contributed by atoms with E-state index in [9.17, 15) is 4.79 Å². The molecular formula is C17H18ClNO3. The van der Waals surface area contributed by atoms with Crippen molar-refractivity contribution in [2.75, 3.05) is 13.2 Å². The second-order valence-electron chi connectivity index (χ2n) is 5.41. The standard InChI is InChI=1S/C17H18ClNO3/c18-14-5-1-4-13(10-14)17(20)19(11-15-6-2-8-21-15)12-16-7-3-9-22-16/h1-2,4-6,8,10,16H,3,7,9,11-12H2. The van der Waals surface area contributed by atoms with Gasteiger partial charge in [0.2, 0.25) is 0 Å². The number of benzene rings is 1. The smallest absolute Gasteiger partial charge is 0.254 e. The summed E-state index contributed by atoms with van der Waals surface area (Å²) in [5.74, 6) is 0.697. The van der Waals surface area contributed by atoms with E-state index < -0.39 is 0 Å². The Balaban J connectivity index is 1.78. The average molecular weight is 320 g/mol. The molecule has 0 spiro atoms. The maximum Gasteiger partial charge on any atom is 0.254 e. The Bertz CT molecular complexity index is 621. The van der Waals surface area contributed by atoms with E-state index in [1.54, 1.807) is 35.4 Å². The van der Waals surface area contributed by atoms with E-state index in [-0.39, 0.29) is 12.0 Å². The van der Waals surface area contributed by atoms with E-state index in [2.05, 4.69) is 0 Å². The van der Waals surface area contributed by atoms with Crippen LogP contribution in [0.3, 0.4) is 0 Å². The average Bonchev–Trinajstić information content (AvgIpc) is 3.19. The first-order valence-electron chi connectivity index (χ1n) is 7.41. The third kappa shape index (κ3) is 3.70. The minimum atomic E-state index is -0.0607. The van der Waals surface area contributed by atoms with Crippen LogP contribution in [0, 0.1) is 0 Å². The third-order valence-corrected chi connectivity index (χ3v) is 3.97. The van der Waals surface area contributed by atoms with Gasteiger partial charge in [0.15, 0.2) is 0 Å². The Hall–Kier alpha value is -1.78. The van der Waals surface area contributed by atoms with Crippen molar-refractivity contribution in [2.24, 2.45) is 0 Å². The lowest BCUT2D eigenvalue weighted by Gasteiger charge is -2.24. The van der Waals surface area contributed by atoms with Gasteiger partial charge in [-0.15, -0.1) is 0 Å². The molecule has 1 aliphatic rings. The number of hydrogen-bond donors (Lipinski definition) is 0. The summed E-state index contributed by atoms with van der Waals surface area (Å²) in [7, 11) is 0. The van der Waals surface area contributed by atoms with E-state index in [1.165, 1.54) is 0 Å². The fraction of sp³-hybridized carbons (Fsp3) is 0.353. The van der Waals surface area contributed by atoms with Gasteiger partial charge >= 0.3 is 0 Å². The number of furan rings is 1. The van der Waals surface area contributed by atoms with Gasteiger partial charge in [-0.25, -0.2) is 0 Å². The van der Waals surface area contributed by atoms with Crippen LogP contribution in [0.1, 0.15) is 29.0 Å². The van der Waals surface area contributed by atoms with Crippen LogP contribution in [0.2, 0.25) is 5.02 Å². The molecule has 1 fully saturated rings. The van der Waals surface area contributed by atoms with Crippen molar-refractivity contribution in [1.82, 2.24) is 4.90 Å². The van der Waals surface area contributed by atoms with Crippen LogP contribution in [0.25, 0.3) is 0 Å². The number of halogens is 1. The summed E-state index contributed by atoms with van der Waals surface area (Å²) in [5, 5.41) is 0.556. The van der Waals surface area contributed by atoms with E-state index in [0.717, 1.165) is 25.2 Å². The molecule has 1 aliphatic heterocycles. The van der Waals surface area contributed by atoms with Crippen LogP contribution in [-0.2, 0) is 11.3 Å². The summed E-state index contributed by atoms with van der Waals surface area (Å²) in [4.78, 5) is 14.5. The molecule has 5 heteroatoms. The van der Waals surface area contributed by atoms with Crippen molar-refractivity contribution in [2.45, 2.75) is 25.5 Å². The molecule has 0 saturated carbocycles. The van der Waals surface area contributed by atoms with Gasteiger partial charge in [-0.3, -0.25) is 4.79 Å². The molecule has 1 aromatic carbocycles. The second-order valence-corrected chi connectivity index (χ2v) is 5.85. The zero-order valence-electron chi connectivity index (χ0n) is 12.2. The number of rotatable bonds is 5. The Morgan fingerprint density at radius 3 is 2.91 bits per heavy atom. The van der Waals surface area contributed by atoms with Crippen LogP contribution in [-0.4, -0.2) is 30.1 Å². The molecule has 116 valence electrons. The molecule has 1 saturated heterocycles. The van der Waals surface area contributed by atoms with Crippen LogP contribution >= 0.6 is 11.6 Å². The van der Waals surface area contributed by atoms with Crippen molar-refractivity contribution in [1.29, 1.82) is 0 Å². The molecule has 1 atom stereocenters. The van der Waals surface area contributed by atoms with Crippen molar-refractivity contribution in [3.05, 3.63) is 59.0 Å². The van der Waals surface area contributed by atoms with E-state index in [4.69, 9.17) is 20.8 Å². The van der Waals surface area contributed by atoms with Crippen molar-refractivity contribution in [3.8, 4) is 0 Å². The van der Waals surface area contributed by atoms with Gasteiger partial charge in [0, 0.05) is 23.7 Å². The Morgan fingerprint density at radius 1 is 1.32 bits per heavy atom. The normalized spacial score (nSPS) is 17.6. The number of ether oxygens (including phenoxy) is 1. The molecule has 0 bridgehead atoms. The van der Waals surface area contributed by atoms with Gasteiger partial charge < -0.3 is 14.1 Å². The highest BCUT2D eigenvalue weighted by Crippen LogP contribution is 2.19. The highest BCUT2D eigenvalue weighted by Gasteiger charge is 2.24. The van der Waals surface area contributed by atoms with Gasteiger partial charge in [-0.2, -0.15) is 0 Å². The molecule has 0 radical (unpaired) electrons. The molecule has 2 heterocycles. The Kier molecular flexibility index (Phi) is 4.80. The minimum absolute atomic E-state index is 0.0607. The SMILES string of the molecule is O=C(c1cccc(Cl)c1)N(Cc1ccco1)CC1CCCO1. The first kappa shape index (κ1) is 15.1. The second kappa shape index (κ2) is 6.99.